The number of amides is 1. The van der Waals surface area contributed by atoms with Crippen molar-refractivity contribution in [3.63, 3.8) is 0 Å². The number of anilines is 1. The highest BCUT2D eigenvalue weighted by Crippen LogP contribution is 2.19. The second kappa shape index (κ2) is 5.62. The zero-order valence-electron chi connectivity index (χ0n) is 12.7. The molecule has 0 radical (unpaired) electrons. The Bertz CT molecular complexity index is 1040. The van der Waals surface area contributed by atoms with Gasteiger partial charge in [0.15, 0.2) is 11.5 Å². The largest absolute Gasteiger partial charge is 0.381 e. The number of pyridine rings is 1. The fourth-order valence-corrected chi connectivity index (χ4v) is 2.57. The molecule has 0 aliphatic rings. The Morgan fingerprint density at radius 2 is 2.04 bits per heavy atom. The van der Waals surface area contributed by atoms with Gasteiger partial charge in [-0.3, -0.25) is 14.2 Å². The number of nitrogens with one attached hydrogen (secondary N) is 1. The normalized spacial score (nSPS) is 11.0. The predicted octanol–water partition coefficient (Wildman–Crippen LogP) is 1.79. The van der Waals surface area contributed by atoms with E-state index in [-0.39, 0.29) is 17.4 Å². The molecule has 0 aliphatic heterocycles. The van der Waals surface area contributed by atoms with E-state index in [4.69, 9.17) is 5.73 Å². The highest BCUT2D eigenvalue weighted by atomic mass is 16.1. The molecule has 0 fully saturated rings. The van der Waals surface area contributed by atoms with Gasteiger partial charge >= 0.3 is 0 Å². The first-order valence-corrected chi connectivity index (χ1v) is 7.43. The highest BCUT2D eigenvalue weighted by molar-refractivity contribution is 5.94. The molecule has 0 unspecified atom stereocenters. The van der Waals surface area contributed by atoms with Crippen LogP contribution in [0.25, 0.3) is 16.7 Å². The molecule has 1 amide bonds. The SMILES string of the molecule is Nc1nc(C(=O)NCc2cccnc2)cn2c1nc1ccccc12. The van der Waals surface area contributed by atoms with Crippen molar-refractivity contribution in [3.8, 4) is 0 Å². The van der Waals surface area contributed by atoms with E-state index in [1.165, 1.54) is 0 Å². The van der Waals surface area contributed by atoms with E-state index < -0.39 is 0 Å². The van der Waals surface area contributed by atoms with Crippen LogP contribution >= 0.6 is 0 Å². The Kier molecular flexibility index (Phi) is 3.31. The average molecular weight is 318 g/mol. The minimum Gasteiger partial charge on any atom is -0.381 e. The van der Waals surface area contributed by atoms with Gasteiger partial charge in [0.25, 0.3) is 5.91 Å². The lowest BCUT2D eigenvalue weighted by Gasteiger charge is -2.06. The molecule has 0 atom stereocenters. The van der Waals surface area contributed by atoms with Gasteiger partial charge in [-0.2, -0.15) is 0 Å². The summed E-state index contributed by atoms with van der Waals surface area (Å²) in [7, 11) is 0. The Morgan fingerprint density at radius 1 is 1.17 bits per heavy atom. The van der Waals surface area contributed by atoms with Gasteiger partial charge < -0.3 is 11.1 Å². The average Bonchev–Trinajstić information content (AvgIpc) is 3.00. The summed E-state index contributed by atoms with van der Waals surface area (Å²) in [4.78, 5) is 25.0. The lowest BCUT2D eigenvalue weighted by Crippen LogP contribution is -2.24. The number of nitrogens with zero attached hydrogens (tertiary/aromatic N) is 4. The zero-order valence-corrected chi connectivity index (χ0v) is 12.7. The first kappa shape index (κ1) is 14.1. The number of hydrogen-bond acceptors (Lipinski definition) is 5. The van der Waals surface area contributed by atoms with Crippen LogP contribution < -0.4 is 11.1 Å². The van der Waals surface area contributed by atoms with Crippen molar-refractivity contribution in [2.75, 3.05) is 5.73 Å². The van der Waals surface area contributed by atoms with Gasteiger partial charge in [0.2, 0.25) is 0 Å². The molecule has 7 nitrogen and oxygen atoms in total. The van der Waals surface area contributed by atoms with Crippen molar-refractivity contribution >= 4 is 28.4 Å². The van der Waals surface area contributed by atoms with Crippen molar-refractivity contribution in [1.82, 2.24) is 24.7 Å². The van der Waals surface area contributed by atoms with Crippen LogP contribution in [0.3, 0.4) is 0 Å². The first-order chi connectivity index (χ1) is 11.7. The minimum absolute atomic E-state index is 0.222. The van der Waals surface area contributed by atoms with Gasteiger partial charge in [-0.15, -0.1) is 0 Å². The number of rotatable bonds is 3. The summed E-state index contributed by atoms with van der Waals surface area (Å²) in [6.45, 7) is 0.372. The molecule has 24 heavy (non-hydrogen) atoms. The maximum atomic E-state index is 12.4. The number of carbonyl (C=O) groups is 1. The van der Waals surface area contributed by atoms with Crippen LogP contribution in [0.2, 0.25) is 0 Å². The zero-order chi connectivity index (χ0) is 16.5. The van der Waals surface area contributed by atoms with Gasteiger partial charge in [0, 0.05) is 25.1 Å². The molecule has 3 N–H and O–H groups in total. The molecule has 0 bridgehead atoms. The molecule has 0 saturated carbocycles. The second-order valence-corrected chi connectivity index (χ2v) is 5.35. The lowest BCUT2D eigenvalue weighted by atomic mass is 10.3. The molecule has 4 aromatic rings. The number of carbonyl (C=O) groups excluding carboxylic acids is 1. The summed E-state index contributed by atoms with van der Waals surface area (Å²) in [5.41, 5.74) is 9.36. The van der Waals surface area contributed by atoms with Crippen LogP contribution in [0.15, 0.2) is 55.0 Å². The third kappa shape index (κ3) is 2.41. The van der Waals surface area contributed by atoms with Gasteiger partial charge in [0.1, 0.15) is 5.69 Å². The van der Waals surface area contributed by atoms with Crippen LogP contribution in [0.5, 0.6) is 0 Å². The van der Waals surface area contributed by atoms with E-state index in [0.29, 0.717) is 12.2 Å². The predicted molar refractivity (Wildman–Crippen MR) is 90.3 cm³/mol. The van der Waals surface area contributed by atoms with Gasteiger partial charge in [-0.05, 0) is 23.8 Å². The number of nitrogen functional groups attached to an aromatic ring is 1. The molecule has 3 heterocycles. The highest BCUT2D eigenvalue weighted by Gasteiger charge is 2.14. The van der Waals surface area contributed by atoms with Crippen molar-refractivity contribution in [3.05, 3.63) is 66.2 Å². The fourth-order valence-electron chi connectivity index (χ4n) is 2.57. The quantitative estimate of drug-likeness (QED) is 0.600. The van der Waals surface area contributed by atoms with E-state index in [1.807, 2.05) is 36.4 Å². The Balaban J connectivity index is 1.68. The maximum Gasteiger partial charge on any atom is 0.271 e. The minimum atomic E-state index is -0.301. The second-order valence-electron chi connectivity index (χ2n) is 5.35. The van der Waals surface area contributed by atoms with Gasteiger partial charge in [0.05, 0.1) is 11.0 Å². The molecule has 3 aromatic heterocycles. The standard InChI is InChI=1S/C17H14N6O/c18-15-16-22-12-5-1-2-6-14(12)23(16)10-13(21-15)17(24)20-9-11-4-3-7-19-8-11/h1-8,10H,9H2,(H2,18,21)(H,20,24). The van der Waals surface area contributed by atoms with Crippen molar-refractivity contribution in [2.45, 2.75) is 6.54 Å². The summed E-state index contributed by atoms with van der Waals surface area (Å²) in [5.74, 6) is -0.0783. The van der Waals surface area contributed by atoms with Crippen LogP contribution in [0.4, 0.5) is 5.82 Å². The number of para-hydroxylation sites is 2. The summed E-state index contributed by atoms with van der Waals surface area (Å²) in [6, 6.07) is 11.3. The van der Waals surface area contributed by atoms with Crippen molar-refractivity contribution in [2.24, 2.45) is 0 Å². The summed E-state index contributed by atoms with van der Waals surface area (Å²) >= 11 is 0. The Labute approximate surface area is 137 Å². The number of fused-ring (bicyclic) bond motifs is 3. The van der Waals surface area contributed by atoms with Crippen LogP contribution in [-0.4, -0.2) is 25.3 Å². The first-order valence-electron chi connectivity index (χ1n) is 7.43. The van der Waals surface area contributed by atoms with Crippen LogP contribution in [0.1, 0.15) is 16.1 Å². The van der Waals surface area contributed by atoms with Gasteiger partial charge in [-0.1, -0.05) is 18.2 Å². The number of hydrogen-bond donors (Lipinski definition) is 2. The number of nitrogens with two attached hydrogens (primary N) is 1. The van der Waals surface area contributed by atoms with Crippen molar-refractivity contribution in [1.29, 1.82) is 0 Å². The van der Waals surface area contributed by atoms with Crippen LogP contribution in [-0.2, 0) is 6.54 Å². The Morgan fingerprint density at radius 3 is 2.88 bits per heavy atom. The van der Waals surface area contributed by atoms with Crippen molar-refractivity contribution < 1.29 is 4.79 Å². The van der Waals surface area contributed by atoms with E-state index in [0.717, 1.165) is 16.6 Å². The number of imidazole rings is 1. The topological polar surface area (TPSA) is 98.2 Å². The smallest absolute Gasteiger partial charge is 0.271 e. The van der Waals surface area contributed by atoms with E-state index in [9.17, 15) is 4.79 Å². The third-order valence-electron chi connectivity index (χ3n) is 3.73. The third-order valence-corrected chi connectivity index (χ3v) is 3.73. The molecule has 0 saturated heterocycles. The van der Waals surface area contributed by atoms with Crippen LogP contribution in [0, 0.1) is 0 Å². The molecule has 0 spiro atoms. The summed E-state index contributed by atoms with van der Waals surface area (Å²) in [5, 5.41) is 2.82. The maximum absolute atomic E-state index is 12.4. The molecule has 1 aromatic carbocycles. The lowest BCUT2D eigenvalue weighted by molar-refractivity contribution is 0.0945. The number of benzene rings is 1. The summed E-state index contributed by atoms with van der Waals surface area (Å²) < 4.78 is 1.79. The molecule has 4 rings (SSSR count). The Hall–Kier alpha value is -3.48. The van der Waals surface area contributed by atoms with Gasteiger partial charge in [-0.25, -0.2) is 9.97 Å². The molecule has 0 aliphatic carbocycles. The van der Waals surface area contributed by atoms with E-state index in [2.05, 4.69) is 20.3 Å². The summed E-state index contributed by atoms with van der Waals surface area (Å²) in [6.07, 6.45) is 5.04. The molecular weight excluding hydrogens is 304 g/mol. The molecular formula is C17H14N6O. The van der Waals surface area contributed by atoms with E-state index >= 15 is 0 Å². The molecule has 118 valence electrons. The van der Waals surface area contributed by atoms with E-state index in [1.54, 1.807) is 23.0 Å². The fraction of sp³-hybridized carbons (Fsp3) is 0.0588. The monoisotopic (exact) mass is 318 g/mol. The molecule has 7 heteroatoms. The number of aromatic nitrogens is 4.